The second-order valence-electron chi connectivity index (χ2n) is 5.53. The van der Waals surface area contributed by atoms with Crippen LogP contribution in [-0.2, 0) is 26.0 Å². The summed E-state index contributed by atoms with van der Waals surface area (Å²) in [5.74, 6) is -1.25. The van der Waals surface area contributed by atoms with Crippen molar-refractivity contribution in [2.24, 2.45) is 0 Å². The first-order chi connectivity index (χ1) is 12.7. The van der Waals surface area contributed by atoms with Gasteiger partial charge < -0.3 is 4.74 Å². The molecule has 9 heteroatoms. The molecule has 0 saturated heterocycles. The zero-order chi connectivity index (χ0) is 20.0. The van der Waals surface area contributed by atoms with Crippen molar-refractivity contribution < 1.29 is 22.7 Å². The van der Waals surface area contributed by atoms with Gasteiger partial charge in [-0.15, -0.1) is 0 Å². The normalized spacial score (nSPS) is 11.2. The molecule has 0 aromatic heterocycles. The lowest BCUT2D eigenvalue weighted by Crippen LogP contribution is -2.31. The third kappa shape index (κ3) is 6.04. The van der Waals surface area contributed by atoms with E-state index in [4.69, 9.17) is 27.9 Å². The number of carbonyl (C=O) groups excluding carboxylic acids is 2. The monoisotopic (exact) mass is 429 g/mol. The molecular weight excluding hydrogens is 413 g/mol. The third-order valence-corrected chi connectivity index (χ3v) is 5.79. The predicted molar refractivity (Wildman–Crippen MR) is 103 cm³/mol. The number of benzene rings is 2. The van der Waals surface area contributed by atoms with E-state index >= 15 is 0 Å². The molecule has 2 rings (SSSR count). The highest BCUT2D eigenvalue weighted by Crippen LogP contribution is 2.24. The molecule has 1 N–H and O–H groups in total. The van der Waals surface area contributed by atoms with E-state index < -0.39 is 29.1 Å². The number of ether oxygens (including phenoxy) is 1. The van der Waals surface area contributed by atoms with Gasteiger partial charge in [-0.25, -0.2) is 8.42 Å². The van der Waals surface area contributed by atoms with Crippen LogP contribution in [0.2, 0.25) is 10.0 Å². The molecule has 2 aromatic rings. The van der Waals surface area contributed by atoms with Gasteiger partial charge in [0.15, 0.2) is 12.4 Å². The molecule has 0 radical (unpaired) electrons. The molecule has 27 heavy (non-hydrogen) atoms. The lowest BCUT2D eigenvalue weighted by molar-refractivity contribution is -0.141. The molecule has 2 aromatic carbocycles. The Kier molecular flexibility index (Phi) is 7.38. The Hall–Kier alpha value is -1.93. The summed E-state index contributed by atoms with van der Waals surface area (Å²) in [4.78, 5) is 23.6. The van der Waals surface area contributed by atoms with Gasteiger partial charge in [0.05, 0.1) is 14.9 Å². The average Bonchev–Trinajstić information content (AvgIpc) is 2.66. The van der Waals surface area contributed by atoms with Gasteiger partial charge in [0.1, 0.15) is 6.54 Å². The van der Waals surface area contributed by atoms with E-state index in [1.165, 1.54) is 18.2 Å². The molecule has 0 bridgehead atoms. The van der Waals surface area contributed by atoms with Gasteiger partial charge in [-0.2, -0.15) is 4.72 Å². The number of carbonyl (C=O) groups is 2. The Bertz CT molecular complexity index is 943. The first kappa shape index (κ1) is 21.4. The molecule has 144 valence electrons. The highest BCUT2D eigenvalue weighted by molar-refractivity contribution is 7.89. The summed E-state index contributed by atoms with van der Waals surface area (Å²) in [6.45, 7) is 0.904. The van der Waals surface area contributed by atoms with E-state index in [-0.39, 0.29) is 20.7 Å². The molecule has 6 nitrogen and oxygen atoms in total. The number of nitrogens with one attached hydrogen (secondary N) is 1. The zero-order valence-corrected chi connectivity index (χ0v) is 16.7. The van der Waals surface area contributed by atoms with Gasteiger partial charge in [0, 0.05) is 5.56 Å². The Balaban J connectivity index is 1.87. The first-order valence-electron chi connectivity index (χ1n) is 7.95. The number of hydrogen-bond donors (Lipinski definition) is 1. The summed E-state index contributed by atoms with van der Waals surface area (Å²) in [6.07, 6.45) is 0.850. The average molecular weight is 430 g/mol. The van der Waals surface area contributed by atoms with Gasteiger partial charge in [-0.3, -0.25) is 9.59 Å². The number of rotatable bonds is 8. The van der Waals surface area contributed by atoms with Crippen molar-refractivity contribution in [1.82, 2.24) is 4.72 Å². The number of esters is 1. The fourth-order valence-corrected chi connectivity index (χ4v) is 3.45. The smallest absolute Gasteiger partial charge is 0.321 e. The highest BCUT2D eigenvalue weighted by atomic mass is 35.5. The van der Waals surface area contributed by atoms with Crippen molar-refractivity contribution in [2.75, 3.05) is 13.2 Å². The fourth-order valence-electron chi connectivity index (χ4n) is 2.09. The number of ketones is 1. The quantitative estimate of drug-likeness (QED) is 0.513. The van der Waals surface area contributed by atoms with Crippen molar-refractivity contribution in [3.8, 4) is 0 Å². The molecule has 0 fully saturated rings. The van der Waals surface area contributed by atoms with Crippen LogP contribution in [0.1, 0.15) is 22.8 Å². The Morgan fingerprint density at radius 3 is 2.30 bits per heavy atom. The van der Waals surface area contributed by atoms with Gasteiger partial charge in [0.25, 0.3) is 0 Å². The fraction of sp³-hybridized carbons (Fsp3) is 0.222. The van der Waals surface area contributed by atoms with Crippen molar-refractivity contribution in [1.29, 1.82) is 0 Å². The molecule has 0 atom stereocenters. The van der Waals surface area contributed by atoms with E-state index in [1.807, 2.05) is 19.1 Å². The summed E-state index contributed by atoms with van der Waals surface area (Å²) in [6, 6.07) is 10.7. The number of aryl methyl sites for hydroxylation is 1. The van der Waals surface area contributed by atoms with Crippen LogP contribution in [0, 0.1) is 0 Å². The van der Waals surface area contributed by atoms with Crippen LogP contribution in [0.15, 0.2) is 47.4 Å². The van der Waals surface area contributed by atoms with Crippen LogP contribution in [-0.4, -0.2) is 33.3 Å². The van der Waals surface area contributed by atoms with Crippen LogP contribution in [0.25, 0.3) is 0 Å². The van der Waals surface area contributed by atoms with Crippen LogP contribution in [0.4, 0.5) is 0 Å². The molecule has 0 spiro atoms. The lowest BCUT2D eigenvalue weighted by atomic mass is 10.1. The molecule has 0 aliphatic heterocycles. The number of hydrogen-bond acceptors (Lipinski definition) is 5. The topological polar surface area (TPSA) is 89.5 Å². The zero-order valence-electron chi connectivity index (χ0n) is 14.4. The van der Waals surface area contributed by atoms with Gasteiger partial charge in [0.2, 0.25) is 10.0 Å². The van der Waals surface area contributed by atoms with E-state index in [0.29, 0.717) is 5.56 Å². The lowest BCUT2D eigenvalue weighted by Gasteiger charge is -2.08. The number of halogens is 2. The van der Waals surface area contributed by atoms with Crippen molar-refractivity contribution >= 4 is 45.0 Å². The molecular formula is C18H17Cl2NO5S. The summed E-state index contributed by atoms with van der Waals surface area (Å²) in [5, 5.41) is 0.280. The van der Waals surface area contributed by atoms with Crippen LogP contribution >= 0.6 is 23.2 Å². The maximum Gasteiger partial charge on any atom is 0.321 e. The van der Waals surface area contributed by atoms with Crippen molar-refractivity contribution in [2.45, 2.75) is 18.2 Å². The molecule has 0 aliphatic rings. The minimum absolute atomic E-state index is 0.0711. The van der Waals surface area contributed by atoms with E-state index in [0.717, 1.165) is 12.0 Å². The van der Waals surface area contributed by atoms with Crippen LogP contribution in [0.5, 0.6) is 0 Å². The summed E-state index contributed by atoms with van der Waals surface area (Å²) in [5.41, 5.74) is 1.50. The molecule has 0 unspecified atom stereocenters. The molecule has 0 aliphatic carbocycles. The van der Waals surface area contributed by atoms with E-state index in [2.05, 4.69) is 4.72 Å². The van der Waals surface area contributed by atoms with Gasteiger partial charge >= 0.3 is 5.97 Å². The Morgan fingerprint density at radius 2 is 1.70 bits per heavy atom. The van der Waals surface area contributed by atoms with Gasteiger partial charge in [-0.05, 0) is 30.2 Å². The standard InChI is InChI=1S/C18H17Cl2NO5S/c1-2-12-3-5-13(6-4-12)17(22)11-26-18(23)10-21-27(24,25)14-7-8-15(19)16(20)9-14/h3-9,21H,2,10-11H2,1H3. The number of sulfonamides is 1. The molecule has 0 heterocycles. The first-order valence-corrected chi connectivity index (χ1v) is 10.2. The van der Waals surface area contributed by atoms with Gasteiger partial charge in [-0.1, -0.05) is 54.4 Å². The minimum Gasteiger partial charge on any atom is -0.456 e. The van der Waals surface area contributed by atoms with Crippen LogP contribution < -0.4 is 4.72 Å². The van der Waals surface area contributed by atoms with E-state index in [9.17, 15) is 18.0 Å². The van der Waals surface area contributed by atoms with E-state index in [1.54, 1.807) is 12.1 Å². The van der Waals surface area contributed by atoms with Crippen LogP contribution in [0.3, 0.4) is 0 Å². The largest absolute Gasteiger partial charge is 0.456 e. The summed E-state index contributed by atoms with van der Waals surface area (Å²) < 4.78 is 31.2. The Morgan fingerprint density at radius 1 is 1.04 bits per heavy atom. The molecule has 0 amide bonds. The predicted octanol–water partition coefficient (Wildman–Crippen LogP) is 3.26. The second kappa shape index (κ2) is 9.32. The van der Waals surface area contributed by atoms with Crippen molar-refractivity contribution in [3.05, 3.63) is 63.6 Å². The maximum absolute atomic E-state index is 12.1. The maximum atomic E-state index is 12.1. The third-order valence-electron chi connectivity index (χ3n) is 3.66. The summed E-state index contributed by atoms with van der Waals surface area (Å²) in [7, 11) is -3.97. The van der Waals surface area contributed by atoms with Crippen molar-refractivity contribution in [3.63, 3.8) is 0 Å². The second-order valence-corrected chi connectivity index (χ2v) is 8.12. The highest BCUT2D eigenvalue weighted by Gasteiger charge is 2.18. The summed E-state index contributed by atoms with van der Waals surface area (Å²) >= 11 is 11.5. The Labute approximate surface area is 167 Å². The molecule has 0 saturated carbocycles. The number of Topliss-reactive ketones (excluding diaryl/α,β-unsaturated/α-hetero) is 1. The minimum atomic E-state index is -3.97. The SMILES string of the molecule is CCc1ccc(C(=O)COC(=O)CNS(=O)(=O)c2ccc(Cl)c(Cl)c2)cc1.